The van der Waals surface area contributed by atoms with Gasteiger partial charge in [0.05, 0.1) is 0 Å². The molecule has 2 aromatic carbocycles. The number of amides is 1. The van der Waals surface area contributed by atoms with Gasteiger partial charge in [-0.2, -0.15) is 0 Å². The second-order valence-corrected chi connectivity index (χ2v) is 5.31. The van der Waals surface area contributed by atoms with Crippen LogP contribution in [0.5, 0.6) is 0 Å². The van der Waals surface area contributed by atoms with Crippen LogP contribution in [0.1, 0.15) is 22.8 Å². The number of anilines is 1. The lowest BCUT2D eigenvalue weighted by atomic mass is 10.1. The molecule has 0 heterocycles. The van der Waals surface area contributed by atoms with Crippen LogP contribution < -0.4 is 4.90 Å². The van der Waals surface area contributed by atoms with Crippen LogP contribution in [0, 0.1) is 6.92 Å². The van der Waals surface area contributed by atoms with Crippen LogP contribution in [-0.2, 0) is 0 Å². The van der Waals surface area contributed by atoms with Crippen molar-refractivity contribution in [3.63, 3.8) is 0 Å². The molecule has 0 radical (unpaired) electrons. The maximum atomic E-state index is 12.5. The van der Waals surface area contributed by atoms with Gasteiger partial charge in [0.2, 0.25) is 0 Å². The number of hydrogen-bond acceptors (Lipinski definition) is 1. The molecule has 0 aromatic heterocycles. The van der Waals surface area contributed by atoms with E-state index >= 15 is 0 Å². The lowest BCUT2D eigenvalue weighted by Gasteiger charge is -2.21. The van der Waals surface area contributed by atoms with Crippen LogP contribution in [0.4, 0.5) is 5.69 Å². The molecule has 2 aromatic rings. The second-order valence-electron chi connectivity index (χ2n) is 4.40. The Hall–Kier alpha value is -1.61. The van der Waals surface area contributed by atoms with E-state index in [1.54, 1.807) is 4.90 Å². The van der Waals surface area contributed by atoms with Crippen LogP contribution in [0.3, 0.4) is 0 Å². The van der Waals surface area contributed by atoms with Gasteiger partial charge in [0.25, 0.3) is 5.91 Å². The molecule has 2 nitrogen and oxygen atoms in total. The van der Waals surface area contributed by atoms with E-state index in [2.05, 4.69) is 15.9 Å². The third-order valence-electron chi connectivity index (χ3n) is 2.97. The van der Waals surface area contributed by atoms with Crippen molar-refractivity contribution >= 4 is 27.5 Å². The lowest BCUT2D eigenvalue weighted by molar-refractivity contribution is 0.0988. The summed E-state index contributed by atoms with van der Waals surface area (Å²) in [5.74, 6) is 0.0283. The Morgan fingerprint density at radius 1 is 1.16 bits per heavy atom. The lowest BCUT2D eigenvalue weighted by Crippen LogP contribution is -2.30. The van der Waals surface area contributed by atoms with Crippen molar-refractivity contribution in [3.05, 3.63) is 64.1 Å². The average Bonchev–Trinajstić information content (AvgIpc) is 2.40. The van der Waals surface area contributed by atoms with Gasteiger partial charge in [-0.05, 0) is 55.8 Å². The number of hydrogen-bond donors (Lipinski definition) is 0. The number of carbonyl (C=O) groups is 1. The molecule has 0 saturated carbocycles. The van der Waals surface area contributed by atoms with E-state index in [0.717, 1.165) is 15.7 Å². The van der Waals surface area contributed by atoms with Crippen LogP contribution in [-0.4, -0.2) is 12.5 Å². The first-order valence-corrected chi connectivity index (χ1v) is 7.05. The summed E-state index contributed by atoms with van der Waals surface area (Å²) in [6.07, 6.45) is 0. The predicted octanol–water partition coefficient (Wildman–Crippen LogP) is 4.42. The summed E-state index contributed by atoms with van der Waals surface area (Å²) in [5, 5.41) is 0. The second kappa shape index (κ2) is 6.02. The van der Waals surface area contributed by atoms with Gasteiger partial charge in [-0.25, -0.2) is 0 Å². The van der Waals surface area contributed by atoms with Gasteiger partial charge in [-0.3, -0.25) is 4.79 Å². The van der Waals surface area contributed by atoms with Crippen molar-refractivity contribution in [2.24, 2.45) is 0 Å². The molecule has 1 amide bonds. The standard InChI is InChI=1S/C16H16BrNO/c1-3-18(15-6-4-5-12(2)11-15)16(19)13-7-9-14(17)10-8-13/h4-11H,3H2,1-2H3. The average molecular weight is 318 g/mol. The van der Waals surface area contributed by atoms with Crippen LogP contribution in [0.2, 0.25) is 0 Å². The molecule has 0 unspecified atom stereocenters. The molecule has 0 N–H and O–H groups in total. The molecule has 0 aliphatic heterocycles. The summed E-state index contributed by atoms with van der Waals surface area (Å²) in [5.41, 5.74) is 2.79. The van der Waals surface area contributed by atoms with Gasteiger partial charge in [-0.15, -0.1) is 0 Å². The maximum absolute atomic E-state index is 12.5. The quantitative estimate of drug-likeness (QED) is 0.820. The minimum absolute atomic E-state index is 0.0283. The molecule has 0 atom stereocenters. The summed E-state index contributed by atoms with van der Waals surface area (Å²) >= 11 is 3.38. The third kappa shape index (κ3) is 3.24. The van der Waals surface area contributed by atoms with Crippen molar-refractivity contribution in [2.45, 2.75) is 13.8 Å². The van der Waals surface area contributed by atoms with Crippen LogP contribution >= 0.6 is 15.9 Å². The number of benzene rings is 2. The fourth-order valence-corrected chi connectivity index (χ4v) is 2.25. The molecule has 0 fully saturated rings. The normalized spacial score (nSPS) is 10.3. The van der Waals surface area contributed by atoms with E-state index in [-0.39, 0.29) is 5.91 Å². The van der Waals surface area contributed by atoms with Gasteiger partial charge in [-0.1, -0.05) is 28.1 Å². The molecule has 98 valence electrons. The topological polar surface area (TPSA) is 20.3 Å². The number of nitrogens with zero attached hydrogens (tertiary/aromatic N) is 1. The Morgan fingerprint density at radius 3 is 2.42 bits per heavy atom. The molecule has 0 bridgehead atoms. The maximum Gasteiger partial charge on any atom is 0.258 e. The summed E-state index contributed by atoms with van der Waals surface area (Å²) in [6, 6.07) is 15.4. The van der Waals surface area contributed by atoms with E-state index in [1.807, 2.05) is 62.4 Å². The Balaban J connectivity index is 2.31. The molecule has 0 saturated heterocycles. The molecule has 2 rings (SSSR count). The minimum atomic E-state index is 0.0283. The first-order chi connectivity index (χ1) is 9.11. The molecule has 19 heavy (non-hydrogen) atoms. The van der Waals surface area contributed by atoms with E-state index in [0.29, 0.717) is 12.1 Å². The summed E-state index contributed by atoms with van der Waals surface area (Å²) in [4.78, 5) is 14.3. The highest BCUT2D eigenvalue weighted by Gasteiger charge is 2.15. The first kappa shape index (κ1) is 13.8. The molecule has 0 aliphatic carbocycles. The fraction of sp³-hybridized carbons (Fsp3) is 0.188. The minimum Gasteiger partial charge on any atom is -0.309 e. The molecule has 0 spiro atoms. The largest absolute Gasteiger partial charge is 0.309 e. The predicted molar refractivity (Wildman–Crippen MR) is 82.7 cm³/mol. The van der Waals surface area contributed by atoms with Gasteiger partial charge in [0, 0.05) is 22.3 Å². The van der Waals surface area contributed by atoms with E-state index in [4.69, 9.17) is 0 Å². The first-order valence-electron chi connectivity index (χ1n) is 6.26. The van der Waals surface area contributed by atoms with Gasteiger partial charge < -0.3 is 4.90 Å². The highest BCUT2D eigenvalue weighted by molar-refractivity contribution is 9.10. The Bertz CT molecular complexity index is 578. The Morgan fingerprint density at radius 2 is 1.84 bits per heavy atom. The number of aryl methyl sites for hydroxylation is 1. The third-order valence-corrected chi connectivity index (χ3v) is 3.49. The highest BCUT2D eigenvalue weighted by Crippen LogP contribution is 2.19. The van der Waals surface area contributed by atoms with Crippen LogP contribution in [0.15, 0.2) is 53.0 Å². The summed E-state index contributed by atoms with van der Waals surface area (Å²) < 4.78 is 0.975. The fourth-order valence-electron chi connectivity index (χ4n) is 1.99. The zero-order valence-electron chi connectivity index (χ0n) is 11.1. The zero-order valence-corrected chi connectivity index (χ0v) is 12.6. The van der Waals surface area contributed by atoms with Crippen molar-refractivity contribution < 1.29 is 4.79 Å². The van der Waals surface area contributed by atoms with E-state index in [9.17, 15) is 4.79 Å². The van der Waals surface area contributed by atoms with Crippen molar-refractivity contribution in [1.82, 2.24) is 0 Å². The van der Waals surface area contributed by atoms with E-state index < -0.39 is 0 Å². The molecule has 3 heteroatoms. The number of halogens is 1. The van der Waals surface area contributed by atoms with Crippen molar-refractivity contribution in [2.75, 3.05) is 11.4 Å². The van der Waals surface area contributed by atoms with Crippen LogP contribution in [0.25, 0.3) is 0 Å². The van der Waals surface area contributed by atoms with E-state index in [1.165, 1.54) is 0 Å². The molecular weight excluding hydrogens is 302 g/mol. The number of carbonyl (C=O) groups excluding carboxylic acids is 1. The summed E-state index contributed by atoms with van der Waals surface area (Å²) in [6.45, 7) is 4.67. The monoisotopic (exact) mass is 317 g/mol. The smallest absolute Gasteiger partial charge is 0.258 e. The summed E-state index contributed by atoms with van der Waals surface area (Å²) in [7, 11) is 0. The van der Waals surface area contributed by atoms with Gasteiger partial charge >= 0.3 is 0 Å². The Kier molecular flexibility index (Phi) is 4.38. The molecular formula is C16H16BrNO. The van der Waals surface area contributed by atoms with Crippen molar-refractivity contribution in [3.8, 4) is 0 Å². The van der Waals surface area contributed by atoms with Crippen molar-refractivity contribution in [1.29, 1.82) is 0 Å². The number of rotatable bonds is 3. The van der Waals surface area contributed by atoms with Gasteiger partial charge in [0.1, 0.15) is 0 Å². The Labute approximate surface area is 122 Å². The molecule has 0 aliphatic rings. The highest BCUT2D eigenvalue weighted by atomic mass is 79.9. The van der Waals surface area contributed by atoms with Gasteiger partial charge in [0.15, 0.2) is 0 Å². The zero-order chi connectivity index (χ0) is 13.8. The SMILES string of the molecule is CCN(C(=O)c1ccc(Br)cc1)c1cccc(C)c1.